The number of amides is 2. The highest BCUT2D eigenvalue weighted by atomic mass is 16.7. The van der Waals surface area contributed by atoms with Gasteiger partial charge in [-0.1, -0.05) is 97.8 Å². The molecule has 3 N–H and O–H groups in total. The molecule has 8 nitrogen and oxygen atoms in total. The van der Waals surface area contributed by atoms with E-state index < -0.39 is 29.3 Å². The summed E-state index contributed by atoms with van der Waals surface area (Å²) in [6, 6.07) is -0.529. The second-order valence-electron chi connectivity index (χ2n) is 12.5. The van der Waals surface area contributed by atoms with Crippen molar-refractivity contribution >= 4 is 17.8 Å². The second-order valence-corrected chi connectivity index (χ2v) is 12.5. The number of hydrogen-bond donors (Lipinski definition) is 3. The van der Waals surface area contributed by atoms with Crippen LogP contribution in [0, 0.1) is 5.41 Å². The molecule has 0 radical (unpaired) electrons. The van der Waals surface area contributed by atoms with Gasteiger partial charge in [-0.05, 0) is 33.1 Å². The van der Waals surface area contributed by atoms with Gasteiger partial charge in [-0.2, -0.15) is 0 Å². The number of carbonyl (C=O) groups excluding carboxylic acids is 2. The molecule has 0 aromatic rings. The maximum Gasteiger partial charge on any atom is 0.305 e. The molecular weight excluding hydrogens is 496 g/mol. The molecule has 0 saturated carbocycles. The Kier molecular flexibility index (Phi) is 17.6. The number of rotatable bonds is 22. The summed E-state index contributed by atoms with van der Waals surface area (Å²) in [6.45, 7) is 10.4. The molecule has 39 heavy (non-hydrogen) atoms. The number of carboxylic acid groups (broad SMARTS) is 1. The molecule has 2 amide bonds. The zero-order valence-electron chi connectivity index (χ0n) is 25.6. The average Bonchev–Trinajstić information content (AvgIpc) is 2.86. The molecule has 2 unspecified atom stereocenters. The van der Waals surface area contributed by atoms with Gasteiger partial charge in [0.1, 0.15) is 6.10 Å². The fraction of sp³-hybridized carbons (Fsp3) is 0.903. The topological polar surface area (TPSA) is 114 Å². The number of unbranched alkanes of at least 4 members (excludes halogenated alkanes) is 12. The Hall–Kier alpha value is -1.67. The van der Waals surface area contributed by atoms with Gasteiger partial charge in [0.25, 0.3) is 0 Å². The first-order chi connectivity index (χ1) is 18.5. The van der Waals surface area contributed by atoms with Crippen molar-refractivity contribution in [2.24, 2.45) is 5.41 Å². The van der Waals surface area contributed by atoms with Crippen molar-refractivity contribution in [3.8, 4) is 0 Å². The van der Waals surface area contributed by atoms with Crippen LogP contribution < -0.4 is 10.6 Å². The fourth-order valence-corrected chi connectivity index (χ4v) is 5.00. The third-order valence-electron chi connectivity index (χ3n) is 7.47. The van der Waals surface area contributed by atoms with Gasteiger partial charge >= 0.3 is 5.97 Å². The van der Waals surface area contributed by atoms with Crippen molar-refractivity contribution in [2.45, 2.75) is 162 Å². The minimum atomic E-state index is -0.973. The van der Waals surface area contributed by atoms with E-state index in [9.17, 15) is 19.5 Å². The van der Waals surface area contributed by atoms with Crippen molar-refractivity contribution < 1.29 is 29.0 Å². The fourth-order valence-electron chi connectivity index (χ4n) is 5.00. The van der Waals surface area contributed by atoms with E-state index in [1.807, 2.05) is 13.8 Å². The molecule has 0 aromatic heterocycles. The highest BCUT2D eigenvalue weighted by Gasteiger charge is 2.46. The van der Waals surface area contributed by atoms with Crippen LogP contribution in [0.25, 0.3) is 0 Å². The molecular formula is C31H58N2O6. The largest absolute Gasteiger partial charge is 0.481 e. The van der Waals surface area contributed by atoms with E-state index in [1.54, 1.807) is 13.8 Å². The number of nitrogens with one attached hydrogen (secondary N) is 2. The van der Waals surface area contributed by atoms with Crippen LogP contribution in [-0.4, -0.2) is 54.0 Å². The Labute approximate surface area is 237 Å². The van der Waals surface area contributed by atoms with Crippen LogP contribution in [0.1, 0.15) is 144 Å². The van der Waals surface area contributed by atoms with Crippen LogP contribution in [-0.2, 0) is 23.9 Å². The summed E-state index contributed by atoms with van der Waals surface area (Å²) in [5.41, 5.74) is -0.533. The van der Waals surface area contributed by atoms with E-state index in [0.29, 0.717) is 32.4 Å². The molecule has 1 fully saturated rings. The predicted molar refractivity (Wildman–Crippen MR) is 155 cm³/mol. The quantitative estimate of drug-likeness (QED) is 0.132. The lowest BCUT2D eigenvalue weighted by Crippen LogP contribution is -2.57. The summed E-state index contributed by atoms with van der Waals surface area (Å²) >= 11 is 0. The summed E-state index contributed by atoms with van der Waals surface area (Å²) < 4.78 is 11.5. The van der Waals surface area contributed by atoms with Crippen LogP contribution in [0.3, 0.4) is 0 Å². The summed E-state index contributed by atoms with van der Waals surface area (Å²) in [5.74, 6) is -2.14. The van der Waals surface area contributed by atoms with Crippen LogP contribution in [0.5, 0.6) is 0 Å². The maximum atomic E-state index is 13.0. The van der Waals surface area contributed by atoms with Crippen molar-refractivity contribution in [3.63, 3.8) is 0 Å². The van der Waals surface area contributed by atoms with Crippen LogP contribution in [0.15, 0.2) is 0 Å². The van der Waals surface area contributed by atoms with Crippen molar-refractivity contribution in [3.05, 3.63) is 0 Å². The highest BCUT2D eigenvalue weighted by Crippen LogP contribution is 2.35. The third-order valence-corrected chi connectivity index (χ3v) is 7.47. The second kappa shape index (κ2) is 19.4. The minimum absolute atomic E-state index is 0.0384. The summed E-state index contributed by atoms with van der Waals surface area (Å²) in [7, 11) is 0. The van der Waals surface area contributed by atoms with Gasteiger partial charge in [0.2, 0.25) is 11.8 Å². The first kappa shape index (κ1) is 35.4. The zero-order valence-corrected chi connectivity index (χ0v) is 25.6. The Bertz CT molecular complexity index is 709. The minimum Gasteiger partial charge on any atom is -0.481 e. The average molecular weight is 555 g/mol. The molecule has 0 bridgehead atoms. The zero-order chi connectivity index (χ0) is 29.2. The van der Waals surface area contributed by atoms with Crippen LogP contribution in [0.4, 0.5) is 0 Å². The number of hydrogen-bond acceptors (Lipinski definition) is 5. The molecule has 0 aromatic carbocycles. The molecule has 1 saturated heterocycles. The number of aliphatic carboxylic acids is 1. The molecule has 1 heterocycles. The Balaban J connectivity index is 2.17. The molecule has 228 valence electrons. The molecule has 1 aliphatic rings. The smallest absolute Gasteiger partial charge is 0.305 e. The molecule has 1 aliphatic heterocycles. The Morgan fingerprint density at radius 3 is 1.92 bits per heavy atom. The van der Waals surface area contributed by atoms with Gasteiger partial charge in [-0.25, -0.2) is 0 Å². The molecule has 8 heteroatoms. The lowest BCUT2D eigenvalue weighted by molar-refractivity contribution is -0.304. The maximum absolute atomic E-state index is 13.0. The Morgan fingerprint density at radius 1 is 0.846 bits per heavy atom. The first-order valence-electron chi connectivity index (χ1n) is 15.6. The van der Waals surface area contributed by atoms with Crippen LogP contribution >= 0.6 is 0 Å². The monoisotopic (exact) mass is 554 g/mol. The van der Waals surface area contributed by atoms with Crippen molar-refractivity contribution in [1.29, 1.82) is 0 Å². The standard InChI is InChI=1S/C31H58N2O6/c1-6-7-8-9-10-11-12-13-14-15-16-17-18-21-26(34)32-22-19-20-25(23-27(35)36)33-29(37)28-30(2,3)24-38-31(4,5)39-28/h25,28H,6-24H2,1-5H3,(H,32,34)(H,33,37)(H,35,36). The van der Waals surface area contributed by atoms with E-state index >= 15 is 0 Å². The predicted octanol–water partition coefficient (Wildman–Crippen LogP) is 6.50. The van der Waals surface area contributed by atoms with Gasteiger partial charge in [0.15, 0.2) is 5.79 Å². The van der Waals surface area contributed by atoms with Gasteiger partial charge in [0.05, 0.1) is 13.0 Å². The number of carboxylic acids is 1. The summed E-state index contributed by atoms with van der Waals surface area (Å²) in [4.78, 5) is 36.5. The normalized spacial score (nSPS) is 18.8. The van der Waals surface area contributed by atoms with E-state index in [0.717, 1.165) is 12.8 Å². The van der Waals surface area contributed by atoms with Gasteiger partial charge < -0.3 is 25.2 Å². The van der Waals surface area contributed by atoms with Gasteiger partial charge in [0, 0.05) is 24.4 Å². The summed E-state index contributed by atoms with van der Waals surface area (Å²) in [6.07, 6.45) is 17.3. The van der Waals surface area contributed by atoms with Gasteiger partial charge in [-0.15, -0.1) is 0 Å². The van der Waals surface area contributed by atoms with Crippen molar-refractivity contribution in [2.75, 3.05) is 13.2 Å². The Morgan fingerprint density at radius 2 is 1.38 bits per heavy atom. The van der Waals surface area contributed by atoms with Gasteiger partial charge in [-0.3, -0.25) is 14.4 Å². The van der Waals surface area contributed by atoms with E-state index in [2.05, 4.69) is 17.6 Å². The first-order valence-corrected chi connectivity index (χ1v) is 15.6. The van der Waals surface area contributed by atoms with E-state index in [1.165, 1.54) is 70.6 Å². The lowest BCUT2D eigenvalue weighted by Gasteiger charge is -2.45. The molecule has 2 atom stereocenters. The highest BCUT2D eigenvalue weighted by molar-refractivity contribution is 5.82. The SMILES string of the molecule is CCCCCCCCCCCCCCCC(=O)NCCCC(CC(=O)O)NC(=O)C1OC(C)(C)OCC1(C)C. The summed E-state index contributed by atoms with van der Waals surface area (Å²) in [5, 5.41) is 15.1. The molecule has 1 rings (SSSR count). The van der Waals surface area contributed by atoms with E-state index in [4.69, 9.17) is 9.47 Å². The number of ether oxygens (including phenoxy) is 2. The lowest BCUT2D eigenvalue weighted by atomic mass is 9.85. The third kappa shape index (κ3) is 16.9. The van der Waals surface area contributed by atoms with Crippen molar-refractivity contribution in [1.82, 2.24) is 10.6 Å². The van der Waals surface area contributed by atoms with E-state index in [-0.39, 0.29) is 18.2 Å². The number of carbonyl (C=O) groups is 3. The van der Waals surface area contributed by atoms with Crippen LogP contribution in [0.2, 0.25) is 0 Å². The molecule has 0 spiro atoms. The molecule has 0 aliphatic carbocycles.